The number of aromatic nitrogens is 2. The highest BCUT2D eigenvalue weighted by atomic mass is 35.5. The second kappa shape index (κ2) is 9.34. The third-order valence-electron chi connectivity index (χ3n) is 3.72. The average molecular weight is 377 g/mol. The maximum atomic E-state index is 12.5. The van der Waals surface area contributed by atoms with E-state index in [4.69, 9.17) is 0 Å². The van der Waals surface area contributed by atoms with Crippen LogP contribution in [-0.2, 0) is 11.0 Å². The third-order valence-corrected chi connectivity index (χ3v) is 3.72. The molecule has 134 valence electrons. The molecule has 10 heteroatoms. The van der Waals surface area contributed by atoms with Crippen molar-refractivity contribution in [2.24, 2.45) is 0 Å². The van der Waals surface area contributed by atoms with Gasteiger partial charge in [-0.25, -0.2) is 4.98 Å². The molecule has 1 saturated heterocycles. The lowest BCUT2D eigenvalue weighted by molar-refractivity contribution is -0.141. The minimum absolute atomic E-state index is 0. The molecule has 0 unspecified atom stereocenters. The molecule has 1 aromatic heterocycles. The summed E-state index contributed by atoms with van der Waals surface area (Å²) < 4.78 is 37.6. The Morgan fingerprint density at radius 2 is 2.00 bits per heavy atom. The number of H-pyrrole nitrogens is 1. The highest BCUT2D eigenvalue weighted by molar-refractivity contribution is 5.85. The summed E-state index contributed by atoms with van der Waals surface area (Å²) in [4.78, 5) is 19.8. The van der Waals surface area contributed by atoms with Crippen LogP contribution in [0, 0.1) is 0 Å². The first-order chi connectivity index (χ1) is 9.91. The van der Waals surface area contributed by atoms with Gasteiger partial charge in [0.1, 0.15) is 11.5 Å². The van der Waals surface area contributed by atoms with E-state index in [0.29, 0.717) is 44.7 Å². The van der Waals surface area contributed by atoms with Crippen LogP contribution in [0.5, 0.6) is 0 Å². The third kappa shape index (κ3) is 5.86. The Kier molecular flexibility index (Phi) is 8.94. The number of nitrogens with zero attached hydrogens (tertiary/aromatic N) is 2. The van der Waals surface area contributed by atoms with E-state index in [1.165, 1.54) is 0 Å². The van der Waals surface area contributed by atoms with Crippen LogP contribution in [0.4, 0.5) is 13.2 Å². The first-order valence-electron chi connectivity index (χ1n) is 6.96. The zero-order valence-corrected chi connectivity index (χ0v) is 14.3. The highest BCUT2D eigenvalue weighted by Crippen LogP contribution is 2.31. The van der Waals surface area contributed by atoms with Gasteiger partial charge in [0.25, 0.3) is 0 Å². The SMILES string of the molecule is CNCCC(=O)N1CCC(c2ncc(C(F)(F)F)[nH]2)CC1.Cl.Cl. The van der Waals surface area contributed by atoms with Gasteiger partial charge in [-0.3, -0.25) is 4.79 Å². The van der Waals surface area contributed by atoms with Crippen LogP contribution >= 0.6 is 24.8 Å². The number of alkyl halides is 3. The number of piperidine rings is 1. The van der Waals surface area contributed by atoms with Gasteiger partial charge < -0.3 is 15.2 Å². The predicted molar refractivity (Wildman–Crippen MR) is 85.2 cm³/mol. The smallest absolute Gasteiger partial charge is 0.343 e. The lowest BCUT2D eigenvalue weighted by Gasteiger charge is -2.31. The molecule has 1 fully saturated rings. The van der Waals surface area contributed by atoms with E-state index in [0.717, 1.165) is 6.20 Å². The Morgan fingerprint density at radius 3 is 2.48 bits per heavy atom. The molecule has 23 heavy (non-hydrogen) atoms. The molecular weight excluding hydrogens is 356 g/mol. The Labute approximate surface area is 145 Å². The Hall–Kier alpha value is -0.990. The van der Waals surface area contributed by atoms with Gasteiger partial charge in [-0.1, -0.05) is 0 Å². The number of hydrogen-bond acceptors (Lipinski definition) is 3. The normalized spacial score (nSPS) is 15.7. The van der Waals surface area contributed by atoms with Crippen LogP contribution in [0.1, 0.15) is 36.7 Å². The van der Waals surface area contributed by atoms with E-state index in [1.54, 1.807) is 11.9 Å². The molecule has 1 aromatic rings. The molecule has 0 spiro atoms. The number of likely N-dealkylation sites (tertiary alicyclic amines) is 1. The second-order valence-electron chi connectivity index (χ2n) is 5.19. The van der Waals surface area contributed by atoms with Crippen LogP contribution in [0.3, 0.4) is 0 Å². The summed E-state index contributed by atoms with van der Waals surface area (Å²) in [6.07, 6.45) is -1.85. The molecule has 0 bridgehead atoms. The van der Waals surface area contributed by atoms with Crippen molar-refractivity contribution in [2.45, 2.75) is 31.4 Å². The van der Waals surface area contributed by atoms with Crippen molar-refractivity contribution in [3.05, 3.63) is 17.7 Å². The first kappa shape index (κ1) is 22.0. The molecular formula is C13H21Cl2F3N4O. The maximum Gasteiger partial charge on any atom is 0.432 e. The van der Waals surface area contributed by atoms with Gasteiger partial charge in [0.05, 0.1) is 6.20 Å². The van der Waals surface area contributed by atoms with Gasteiger partial charge in [-0.2, -0.15) is 13.2 Å². The molecule has 2 N–H and O–H groups in total. The lowest BCUT2D eigenvalue weighted by Crippen LogP contribution is -2.39. The van der Waals surface area contributed by atoms with Gasteiger partial charge in [0.15, 0.2) is 0 Å². The van der Waals surface area contributed by atoms with Gasteiger partial charge in [0, 0.05) is 32.0 Å². The number of amides is 1. The summed E-state index contributed by atoms with van der Waals surface area (Å²) in [5, 5.41) is 2.92. The molecule has 1 amide bonds. The quantitative estimate of drug-likeness (QED) is 0.848. The molecule has 0 atom stereocenters. The van der Waals surface area contributed by atoms with Crippen LogP contribution < -0.4 is 5.32 Å². The first-order valence-corrected chi connectivity index (χ1v) is 6.96. The minimum Gasteiger partial charge on any atom is -0.343 e. The van der Waals surface area contributed by atoms with E-state index in [1.807, 2.05) is 0 Å². The Morgan fingerprint density at radius 1 is 1.39 bits per heavy atom. The van der Waals surface area contributed by atoms with Gasteiger partial charge >= 0.3 is 6.18 Å². The lowest BCUT2D eigenvalue weighted by atomic mass is 9.96. The van der Waals surface area contributed by atoms with Crippen LogP contribution in [0.2, 0.25) is 0 Å². The number of carbonyl (C=O) groups excluding carboxylic acids is 1. The molecule has 0 aromatic carbocycles. The van der Waals surface area contributed by atoms with Crippen LogP contribution in [-0.4, -0.2) is 47.5 Å². The zero-order chi connectivity index (χ0) is 15.5. The standard InChI is InChI=1S/C13H19F3N4O.2ClH/c1-17-5-2-11(21)20-6-3-9(4-7-20)12-18-8-10(19-12)13(14,15)16;;/h8-9,17H,2-7H2,1H3,(H,18,19);2*1H. The zero-order valence-electron chi connectivity index (χ0n) is 12.7. The van der Waals surface area contributed by atoms with E-state index in [9.17, 15) is 18.0 Å². The summed E-state index contributed by atoms with van der Waals surface area (Å²) in [7, 11) is 1.79. The van der Waals surface area contributed by atoms with E-state index < -0.39 is 11.9 Å². The van der Waals surface area contributed by atoms with Crippen LogP contribution in [0.15, 0.2) is 6.20 Å². The fourth-order valence-corrected chi connectivity index (χ4v) is 2.48. The average Bonchev–Trinajstić information content (AvgIpc) is 2.95. The van der Waals surface area contributed by atoms with Gasteiger partial charge in [-0.05, 0) is 19.9 Å². The summed E-state index contributed by atoms with van der Waals surface area (Å²) in [6.45, 7) is 1.76. The van der Waals surface area contributed by atoms with Gasteiger partial charge in [-0.15, -0.1) is 24.8 Å². The van der Waals surface area contributed by atoms with E-state index in [-0.39, 0.29) is 36.6 Å². The van der Waals surface area contributed by atoms with Crippen molar-refractivity contribution in [1.29, 1.82) is 0 Å². The van der Waals surface area contributed by atoms with Crippen molar-refractivity contribution in [2.75, 3.05) is 26.7 Å². The molecule has 1 aliphatic heterocycles. The molecule has 2 rings (SSSR count). The summed E-state index contributed by atoms with van der Waals surface area (Å²) in [5.74, 6) is 0.400. The number of carbonyl (C=O) groups is 1. The number of hydrogen-bond donors (Lipinski definition) is 2. The van der Waals surface area contributed by atoms with Crippen molar-refractivity contribution < 1.29 is 18.0 Å². The van der Waals surface area contributed by atoms with Crippen LogP contribution in [0.25, 0.3) is 0 Å². The summed E-state index contributed by atoms with van der Waals surface area (Å²) in [5.41, 5.74) is -0.815. The number of aromatic amines is 1. The number of rotatable bonds is 4. The van der Waals surface area contributed by atoms with Crippen molar-refractivity contribution in [3.8, 4) is 0 Å². The summed E-state index contributed by atoms with van der Waals surface area (Å²) in [6, 6.07) is 0. The number of imidazole rings is 1. The second-order valence-corrected chi connectivity index (χ2v) is 5.19. The number of halogens is 5. The minimum atomic E-state index is -4.39. The van der Waals surface area contributed by atoms with Crippen molar-refractivity contribution in [3.63, 3.8) is 0 Å². The maximum absolute atomic E-state index is 12.5. The molecule has 5 nitrogen and oxygen atoms in total. The summed E-state index contributed by atoms with van der Waals surface area (Å²) >= 11 is 0. The molecule has 0 saturated carbocycles. The monoisotopic (exact) mass is 376 g/mol. The topological polar surface area (TPSA) is 61.0 Å². The van der Waals surface area contributed by atoms with Crippen molar-refractivity contribution >= 4 is 30.7 Å². The molecule has 1 aliphatic rings. The predicted octanol–water partition coefficient (Wildman–Crippen LogP) is 2.59. The number of nitrogens with one attached hydrogen (secondary N) is 2. The van der Waals surface area contributed by atoms with Crippen molar-refractivity contribution in [1.82, 2.24) is 20.2 Å². The molecule has 0 radical (unpaired) electrons. The largest absolute Gasteiger partial charge is 0.432 e. The molecule has 0 aliphatic carbocycles. The van der Waals surface area contributed by atoms with Gasteiger partial charge in [0.2, 0.25) is 5.91 Å². The van der Waals surface area contributed by atoms with E-state index in [2.05, 4.69) is 15.3 Å². The fraction of sp³-hybridized carbons (Fsp3) is 0.692. The molecule has 2 heterocycles. The van der Waals surface area contributed by atoms with E-state index >= 15 is 0 Å². The highest BCUT2D eigenvalue weighted by Gasteiger charge is 2.34. The Balaban J connectivity index is 0.00000242. The fourth-order valence-electron chi connectivity index (χ4n) is 2.48. The Bertz CT molecular complexity index is 488.